The third kappa shape index (κ3) is 4.13. The van der Waals surface area contributed by atoms with E-state index in [1.165, 1.54) is 18.2 Å². The minimum Gasteiger partial charge on any atom is -0.504 e. The second kappa shape index (κ2) is 6.76. The Hall–Kier alpha value is -2.28. The van der Waals surface area contributed by atoms with Gasteiger partial charge >= 0.3 is 5.97 Å². The van der Waals surface area contributed by atoms with Gasteiger partial charge < -0.3 is 26.4 Å². The second-order valence-electron chi connectivity index (χ2n) is 4.44. The van der Waals surface area contributed by atoms with Crippen LogP contribution in [0.3, 0.4) is 0 Å². The normalized spacial score (nSPS) is 13.5. The van der Waals surface area contributed by atoms with Crippen LogP contribution >= 0.6 is 0 Å². The monoisotopic (exact) mass is 282 g/mol. The van der Waals surface area contributed by atoms with E-state index >= 15 is 0 Å². The van der Waals surface area contributed by atoms with Crippen LogP contribution in [0, 0.1) is 0 Å². The van der Waals surface area contributed by atoms with Gasteiger partial charge in [-0.3, -0.25) is 4.79 Å². The van der Waals surface area contributed by atoms with Crippen molar-refractivity contribution in [2.24, 2.45) is 5.73 Å². The molecule has 110 valence electrons. The van der Waals surface area contributed by atoms with Crippen molar-refractivity contribution in [1.82, 2.24) is 5.32 Å². The van der Waals surface area contributed by atoms with Crippen molar-refractivity contribution in [3.63, 3.8) is 0 Å². The molecule has 0 fully saturated rings. The van der Waals surface area contributed by atoms with Crippen LogP contribution in [0.25, 0.3) is 0 Å². The van der Waals surface area contributed by atoms with Gasteiger partial charge in [-0.2, -0.15) is 0 Å². The lowest BCUT2D eigenvalue weighted by atomic mass is 10.0. The fraction of sp³-hybridized carbons (Fsp3) is 0.385. The molecule has 0 aliphatic rings. The fourth-order valence-corrected chi connectivity index (χ4v) is 1.66. The molecule has 7 nitrogen and oxygen atoms in total. The van der Waals surface area contributed by atoms with E-state index in [1.54, 1.807) is 6.92 Å². The van der Waals surface area contributed by atoms with Gasteiger partial charge in [0.2, 0.25) is 5.91 Å². The molecule has 0 bridgehead atoms. The highest BCUT2D eigenvalue weighted by molar-refractivity contribution is 5.86. The molecule has 2 atom stereocenters. The van der Waals surface area contributed by atoms with Crippen LogP contribution in [-0.4, -0.2) is 39.3 Å². The molecule has 0 aliphatic carbocycles. The Kier molecular flexibility index (Phi) is 5.33. The molecule has 1 aromatic rings. The number of rotatable bonds is 6. The van der Waals surface area contributed by atoms with Crippen LogP contribution in [0.2, 0.25) is 0 Å². The lowest BCUT2D eigenvalue weighted by Gasteiger charge is -2.16. The number of carboxylic acids is 1. The van der Waals surface area contributed by atoms with Crippen LogP contribution in [0.1, 0.15) is 18.9 Å². The summed E-state index contributed by atoms with van der Waals surface area (Å²) >= 11 is 0. The first-order valence-corrected chi connectivity index (χ1v) is 6.14. The summed E-state index contributed by atoms with van der Waals surface area (Å²) in [5.74, 6) is -2.25. The van der Waals surface area contributed by atoms with Crippen LogP contribution in [-0.2, 0) is 16.0 Å². The van der Waals surface area contributed by atoms with Gasteiger partial charge in [-0.05, 0) is 30.5 Å². The van der Waals surface area contributed by atoms with E-state index in [1.807, 2.05) is 0 Å². The van der Waals surface area contributed by atoms with Gasteiger partial charge in [0, 0.05) is 0 Å². The smallest absolute Gasteiger partial charge is 0.326 e. The molecule has 0 spiro atoms. The van der Waals surface area contributed by atoms with E-state index < -0.39 is 24.0 Å². The van der Waals surface area contributed by atoms with Gasteiger partial charge in [-0.25, -0.2) is 4.79 Å². The fourth-order valence-electron chi connectivity index (χ4n) is 1.66. The van der Waals surface area contributed by atoms with Crippen molar-refractivity contribution >= 4 is 11.9 Å². The molecule has 6 N–H and O–H groups in total. The highest BCUT2D eigenvalue weighted by Gasteiger charge is 2.22. The molecule has 0 saturated heterocycles. The Morgan fingerprint density at radius 2 is 1.95 bits per heavy atom. The van der Waals surface area contributed by atoms with Gasteiger partial charge in [0.1, 0.15) is 6.04 Å². The number of carbonyl (C=O) groups is 2. The zero-order valence-corrected chi connectivity index (χ0v) is 11.0. The van der Waals surface area contributed by atoms with Gasteiger partial charge in [0.25, 0.3) is 0 Å². The Balaban J connectivity index is 2.65. The summed E-state index contributed by atoms with van der Waals surface area (Å²) in [6.45, 7) is 1.64. The summed E-state index contributed by atoms with van der Waals surface area (Å²) in [6, 6.07) is 2.21. The lowest BCUT2D eigenvalue weighted by molar-refractivity contribution is -0.142. The molecule has 0 aromatic heterocycles. The third-order valence-corrected chi connectivity index (χ3v) is 2.86. The second-order valence-corrected chi connectivity index (χ2v) is 4.44. The summed E-state index contributed by atoms with van der Waals surface area (Å²) in [5.41, 5.74) is 6.25. The number of amides is 1. The average Bonchev–Trinajstić information content (AvgIpc) is 2.39. The standard InChI is InChI=1S/C13H18N2O5/c1-2-9(13(19)20)15-12(18)8(14)5-7-3-4-10(16)11(17)6-7/h3-4,6,8-9,16-17H,2,5,14H2,1H3,(H,15,18)(H,19,20)/t8-,9?/m0/s1. The Labute approximate surface area is 116 Å². The zero-order chi connectivity index (χ0) is 15.3. The van der Waals surface area contributed by atoms with Gasteiger partial charge in [-0.1, -0.05) is 13.0 Å². The lowest BCUT2D eigenvalue weighted by Crippen LogP contribution is -2.48. The molecule has 1 aromatic carbocycles. The molecule has 0 heterocycles. The molecular weight excluding hydrogens is 264 g/mol. The largest absolute Gasteiger partial charge is 0.504 e. The van der Waals surface area contributed by atoms with Gasteiger partial charge in [0.05, 0.1) is 6.04 Å². The Bertz CT molecular complexity index is 504. The van der Waals surface area contributed by atoms with Gasteiger partial charge in [0.15, 0.2) is 11.5 Å². The van der Waals surface area contributed by atoms with Gasteiger partial charge in [-0.15, -0.1) is 0 Å². The Morgan fingerprint density at radius 1 is 1.30 bits per heavy atom. The number of benzene rings is 1. The van der Waals surface area contributed by atoms with E-state index in [0.29, 0.717) is 5.56 Å². The van der Waals surface area contributed by atoms with E-state index in [4.69, 9.17) is 10.8 Å². The maximum atomic E-state index is 11.8. The maximum Gasteiger partial charge on any atom is 0.326 e. The number of hydrogen-bond acceptors (Lipinski definition) is 5. The highest BCUT2D eigenvalue weighted by Crippen LogP contribution is 2.25. The maximum absolute atomic E-state index is 11.8. The minimum absolute atomic E-state index is 0.121. The molecule has 1 unspecified atom stereocenters. The van der Waals surface area contributed by atoms with Crippen LogP contribution in [0.4, 0.5) is 0 Å². The van der Waals surface area contributed by atoms with Crippen molar-refractivity contribution in [2.75, 3.05) is 0 Å². The predicted molar refractivity (Wildman–Crippen MR) is 71.3 cm³/mol. The number of carbonyl (C=O) groups excluding carboxylic acids is 1. The Morgan fingerprint density at radius 3 is 2.45 bits per heavy atom. The summed E-state index contributed by atoms with van der Waals surface area (Å²) in [6.07, 6.45) is 0.378. The quantitative estimate of drug-likeness (QED) is 0.464. The van der Waals surface area contributed by atoms with E-state index in [-0.39, 0.29) is 24.3 Å². The zero-order valence-electron chi connectivity index (χ0n) is 11.0. The first-order chi connectivity index (χ1) is 9.35. The van der Waals surface area contributed by atoms with Crippen molar-refractivity contribution in [2.45, 2.75) is 31.8 Å². The number of phenolic OH excluding ortho intramolecular Hbond substituents is 2. The van der Waals surface area contributed by atoms with Crippen LogP contribution in [0.5, 0.6) is 11.5 Å². The van der Waals surface area contributed by atoms with E-state index in [0.717, 1.165) is 0 Å². The molecule has 7 heteroatoms. The summed E-state index contributed by atoms with van der Waals surface area (Å²) < 4.78 is 0. The third-order valence-electron chi connectivity index (χ3n) is 2.86. The number of nitrogens with one attached hydrogen (secondary N) is 1. The van der Waals surface area contributed by atoms with E-state index in [2.05, 4.69) is 5.32 Å². The summed E-state index contributed by atoms with van der Waals surface area (Å²) in [4.78, 5) is 22.6. The minimum atomic E-state index is -1.12. The molecule has 0 saturated carbocycles. The summed E-state index contributed by atoms with van der Waals surface area (Å²) in [5, 5.41) is 29.7. The first-order valence-electron chi connectivity index (χ1n) is 6.14. The molecule has 0 aliphatic heterocycles. The molecule has 1 amide bonds. The molecule has 20 heavy (non-hydrogen) atoms. The average molecular weight is 282 g/mol. The first kappa shape index (κ1) is 15.8. The van der Waals surface area contributed by atoms with Crippen LogP contribution in [0.15, 0.2) is 18.2 Å². The van der Waals surface area contributed by atoms with Crippen molar-refractivity contribution < 1.29 is 24.9 Å². The van der Waals surface area contributed by atoms with Crippen molar-refractivity contribution in [3.8, 4) is 11.5 Å². The number of aromatic hydroxyl groups is 2. The summed E-state index contributed by atoms with van der Waals surface area (Å²) in [7, 11) is 0. The topological polar surface area (TPSA) is 133 Å². The number of carboxylic acid groups (broad SMARTS) is 1. The molecule has 0 radical (unpaired) electrons. The van der Waals surface area contributed by atoms with Crippen molar-refractivity contribution in [1.29, 1.82) is 0 Å². The number of hydrogen-bond donors (Lipinski definition) is 5. The number of nitrogens with two attached hydrogens (primary N) is 1. The number of aliphatic carboxylic acids is 1. The SMILES string of the molecule is CCC(NC(=O)[C@@H](N)Cc1ccc(O)c(O)c1)C(=O)O. The van der Waals surface area contributed by atoms with E-state index in [9.17, 15) is 19.8 Å². The molecular formula is C13H18N2O5. The predicted octanol–water partition coefficient (Wildman–Crippen LogP) is -0.0530. The molecule has 1 rings (SSSR count). The number of phenols is 2. The highest BCUT2D eigenvalue weighted by atomic mass is 16.4. The van der Waals surface area contributed by atoms with Crippen LogP contribution < -0.4 is 11.1 Å². The van der Waals surface area contributed by atoms with Crippen molar-refractivity contribution in [3.05, 3.63) is 23.8 Å².